The molecule has 312 valence electrons. The average Bonchev–Trinajstić information content (AvgIpc) is 3.23. The number of ether oxygens (including phenoxy) is 1. The second kappa shape index (κ2) is 21.3. The fourth-order valence-corrected chi connectivity index (χ4v) is 14.6. The molecule has 0 atom stereocenters. The molecule has 0 aromatic rings. The summed E-state index contributed by atoms with van der Waals surface area (Å²) in [5, 5.41) is 0. The van der Waals surface area contributed by atoms with Gasteiger partial charge in [0.15, 0.2) is 0 Å². The molecule has 0 N–H and O–H groups in total. The Labute approximate surface area is 342 Å². The fourth-order valence-electron chi connectivity index (χ4n) is 14.6. The Morgan fingerprint density at radius 3 is 1.13 bits per heavy atom. The van der Waals surface area contributed by atoms with Crippen LogP contribution in [0.4, 0.5) is 0 Å². The van der Waals surface area contributed by atoms with Crippen molar-refractivity contribution < 1.29 is 4.74 Å². The normalized spacial score (nSPS) is 35.9. The van der Waals surface area contributed by atoms with Crippen molar-refractivity contribution in [2.45, 2.75) is 220 Å². The highest BCUT2D eigenvalue weighted by atomic mass is 16.5. The number of hydrogen-bond acceptors (Lipinski definition) is 1. The van der Waals surface area contributed by atoms with Gasteiger partial charge in [-0.25, -0.2) is 0 Å². The van der Waals surface area contributed by atoms with Gasteiger partial charge in [0.1, 0.15) is 0 Å². The van der Waals surface area contributed by atoms with Crippen molar-refractivity contribution >= 4 is 0 Å². The summed E-state index contributed by atoms with van der Waals surface area (Å²) < 4.78 is 6.64. The molecule has 0 amide bonds. The van der Waals surface area contributed by atoms with E-state index in [1.165, 1.54) is 193 Å². The molecule has 0 heterocycles. The molecule has 0 aliphatic heterocycles. The van der Waals surface area contributed by atoms with Gasteiger partial charge in [-0.1, -0.05) is 205 Å². The van der Waals surface area contributed by atoms with E-state index >= 15 is 0 Å². The fraction of sp³-hybridized carbons (Fsp3) is 0.852. The lowest BCUT2D eigenvalue weighted by atomic mass is 9.47. The first kappa shape index (κ1) is 43.5. The number of hydrogen-bond donors (Lipinski definition) is 0. The molecule has 55 heavy (non-hydrogen) atoms. The van der Waals surface area contributed by atoms with Crippen LogP contribution in [-0.4, -0.2) is 13.2 Å². The molecule has 6 rings (SSSR count). The van der Waals surface area contributed by atoms with E-state index in [0.29, 0.717) is 22.7 Å². The maximum Gasteiger partial charge on any atom is 0.0563 e. The Balaban J connectivity index is 1.06. The quantitative estimate of drug-likeness (QED) is 0.0888. The molecular formula is C54H90O. The Bertz CT molecular complexity index is 1080. The summed E-state index contributed by atoms with van der Waals surface area (Å²) in [6.45, 7) is 11.2. The van der Waals surface area contributed by atoms with Crippen LogP contribution in [0.1, 0.15) is 220 Å². The summed E-state index contributed by atoms with van der Waals surface area (Å²) in [5.74, 6) is 4.65. The molecule has 0 aromatic heterocycles. The Kier molecular flexibility index (Phi) is 16.8. The first-order valence-corrected chi connectivity index (χ1v) is 25.3. The van der Waals surface area contributed by atoms with Crippen LogP contribution in [0, 0.1) is 57.2 Å². The van der Waals surface area contributed by atoms with Crippen molar-refractivity contribution in [1.82, 2.24) is 0 Å². The van der Waals surface area contributed by atoms with E-state index < -0.39 is 0 Å². The third-order valence-electron chi connectivity index (χ3n) is 17.5. The van der Waals surface area contributed by atoms with Crippen molar-refractivity contribution in [3.63, 3.8) is 0 Å². The van der Waals surface area contributed by atoms with Crippen molar-refractivity contribution in [3.05, 3.63) is 48.6 Å². The van der Waals surface area contributed by atoms with E-state index in [4.69, 9.17) is 4.74 Å². The van der Waals surface area contributed by atoms with E-state index in [0.717, 1.165) is 36.9 Å². The minimum absolute atomic E-state index is 0.249. The van der Waals surface area contributed by atoms with Crippen molar-refractivity contribution in [2.75, 3.05) is 13.2 Å². The van der Waals surface area contributed by atoms with Gasteiger partial charge in [-0.05, 0) is 98.7 Å². The Morgan fingerprint density at radius 1 is 0.436 bits per heavy atom. The predicted molar refractivity (Wildman–Crippen MR) is 239 cm³/mol. The molecule has 6 aliphatic rings. The van der Waals surface area contributed by atoms with Crippen molar-refractivity contribution in [2.24, 2.45) is 57.2 Å². The van der Waals surface area contributed by atoms with Gasteiger partial charge in [0.25, 0.3) is 0 Å². The summed E-state index contributed by atoms with van der Waals surface area (Å²) in [5.41, 5.74) is 1.44. The molecule has 1 nitrogen and oxygen atoms in total. The third kappa shape index (κ3) is 10.0. The zero-order valence-corrected chi connectivity index (χ0v) is 37.1. The van der Waals surface area contributed by atoms with Crippen molar-refractivity contribution in [1.29, 1.82) is 0 Å². The lowest BCUT2D eigenvalue weighted by molar-refractivity contribution is -0.0288. The minimum atomic E-state index is 0.249. The van der Waals surface area contributed by atoms with E-state index in [1.807, 2.05) is 0 Å². The zero-order chi connectivity index (χ0) is 38.5. The van der Waals surface area contributed by atoms with Crippen LogP contribution in [0.25, 0.3) is 0 Å². The monoisotopic (exact) mass is 755 g/mol. The molecule has 6 aliphatic carbocycles. The Hall–Kier alpha value is -1.08. The van der Waals surface area contributed by atoms with E-state index in [1.54, 1.807) is 0 Å². The van der Waals surface area contributed by atoms with Gasteiger partial charge >= 0.3 is 0 Å². The summed E-state index contributed by atoms with van der Waals surface area (Å²) >= 11 is 0. The smallest absolute Gasteiger partial charge is 0.0563 e. The first-order valence-electron chi connectivity index (χ1n) is 25.3. The molecule has 0 aromatic carbocycles. The summed E-state index contributed by atoms with van der Waals surface area (Å²) in [7, 11) is 0. The number of rotatable bonds is 20. The summed E-state index contributed by atoms with van der Waals surface area (Å²) in [4.78, 5) is 0. The Morgan fingerprint density at radius 2 is 0.800 bits per heavy atom. The van der Waals surface area contributed by atoms with Gasteiger partial charge in [0, 0.05) is 22.7 Å². The van der Waals surface area contributed by atoms with Crippen LogP contribution in [0.5, 0.6) is 0 Å². The topological polar surface area (TPSA) is 9.23 Å². The van der Waals surface area contributed by atoms with Gasteiger partial charge in [-0.3, -0.25) is 0 Å². The van der Waals surface area contributed by atoms with Gasteiger partial charge in [0.2, 0.25) is 0 Å². The summed E-state index contributed by atoms with van der Waals surface area (Å²) in [6.07, 6.45) is 64.5. The molecule has 0 unspecified atom stereocenters. The van der Waals surface area contributed by atoms with Crippen LogP contribution in [0.15, 0.2) is 48.6 Å². The van der Waals surface area contributed by atoms with Crippen LogP contribution >= 0.6 is 0 Å². The van der Waals surface area contributed by atoms with E-state index in [9.17, 15) is 0 Å². The maximum absolute atomic E-state index is 6.64. The van der Waals surface area contributed by atoms with Gasteiger partial charge < -0.3 is 4.74 Å². The summed E-state index contributed by atoms with van der Waals surface area (Å²) in [6, 6.07) is 0. The molecule has 1 heteroatoms. The highest BCUT2D eigenvalue weighted by Gasteiger charge is 2.54. The molecule has 4 saturated carbocycles. The van der Waals surface area contributed by atoms with Gasteiger partial charge in [-0.2, -0.15) is 0 Å². The number of allylic oxidation sites excluding steroid dienone is 4. The standard InChI is InChI=1S/C54H90O/c1-5-9-13-19-45-21-25-49(26-22-45)53(35-15-11-16-36-53)51(33-7-3)39-29-47(30-40-51)43-55-44-48-31-41-52(34-8-4,42-32-48)54(37-17-12-18-38-54)50-27-23-46(24-28-50)20-14-10-6-2/h29-32,39-42,45-50H,5-28,33-38,43-44H2,1-4H3. The molecule has 4 fully saturated rings. The first-order chi connectivity index (χ1) is 27.0. The van der Waals surface area contributed by atoms with Crippen LogP contribution in [0.2, 0.25) is 0 Å². The van der Waals surface area contributed by atoms with Crippen LogP contribution in [0.3, 0.4) is 0 Å². The number of unbranched alkanes of at least 4 members (excludes halogenated alkanes) is 4. The van der Waals surface area contributed by atoms with Gasteiger partial charge in [0.05, 0.1) is 13.2 Å². The van der Waals surface area contributed by atoms with E-state index in [2.05, 4.69) is 76.3 Å². The van der Waals surface area contributed by atoms with Gasteiger partial charge in [-0.15, -0.1) is 0 Å². The molecular weight excluding hydrogens is 665 g/mol. The minimum Gasteiger partial charge on any atom is -0.380 e. The molecule has 0 bridgehead atoms. The second-order valence-corrected chi connectivity index (χ2v) is 20.7. The molecule has 0 spiro atoms. The van der Waals surface area contributed by atoms with Crippen molar-refractivity contribution in [3.8, 4) is 0 Å². The maximum atomic E-state index is 6.64. The highest BCUT2D eigenvalue weighted by Crippen LogP contribution is 2.64. The average molecular weight is 755 g/mol. The van der Waals surface area contributed by atoms with E-state index in [-0.39, 0.29) is 10.8 Å². The zero-order valence-electron chi connectivity index (χ0n) is 37.1. The largest absolute Gasteiger partial charge is 0.380 e. The van der Waals surface area contributed by atoms with Crippen LogP contribution < -0.4 is 0 Å². The predicted octanol–water partition coefficient (Wildman–Crippen LogP) is 16.7. The molecule has 0 saturated heterocycles. The second-order valence-electron chi connectivity index (χ2n) is 20.7. The van der Waals surface area contributed by atoms with Crippen LogP contribution in [-0.2, 0) is 4.74 Å². The third-order valence-corrected chi connectivity index (χ3v) is 17.5. The SMILES string of the molecule is CCCCCC1CCC(C2(C3(CCC)C=CC(COCC4C=CC(CCC)(C5(C6CCC(CCCCC)CC6)CCCCC5)C=C4)C=C3)CCCCC2)CC1. The highest BCUT2D eigenvalue weighted by molar-refractivity contribution is 5.28. The lowest BCUT2D eigenvalue weighted by Gasteiger charge is -2.57. The lowest BCUT2D eigenvalue weighted by Crippen LogP contribution is -2.48. The molecule has 0 radical (unpaired) electrons.